The molecule has 1 N–H and O–H groups in total. The highest BCUT2D eigenvalue weighted by Crippen LogP contribution is 2.29. The maximum atomic E-state index is 12.6. The third kappa shape index (κ3) is 2.99. The van der Waals surface area contributed by atoms with E-state index in [1.165, 1.54) is 0 Å². The molecule has 126 valence electrons. The SMILES string of the molecule is Cc1[nH]c(C=O)c(C)c1-c1ccc(C(=O)N2CCN(C)CC2)cc1. The Balaban J connectivity index is 1.82. The van der Waals surface area contributed by atoms with E-state index in [1.54, 1.807) is 0 Å². The molecule has 1 saturated heterocycles. The summed E-state index contributed by atoms with van der Waals surface area (Å²) < 4.78 is 0. The molecule has 0 atom stereocenters. The molecule has 1 aromatic heterocycles. The summed E-state index contributed by atoms with van der Waals surface area (Å²) >= 11 is 0. The van der Waals surface area contributed by atoms with Crippen molar-refractivity contribution in [2.45, 2.75) is 13.8 Å². The Morgan fingerprint density at radius 3 is 2.25 bits per heavy atom. The second-order valence-electron chi connectivity index (χ2n) is 6.45. The fourth-order valence-corrected chi connectivity index (χ4v) is 3.30. The first-order chi connectivity index (χ1) is 11.5. The maximum Gasteiger partial charge on any atom is 0.253 e. The number of H-pyrrole nitrogens is 1. The molecule has 0 bridgehead atoms. The monoisotopic (exact) mass is 325 g/mol. The molecule has 1 amide bonds. The molecule has 2 heterocycles. The molecule has 1 aromatic carbocycles. The number of benzene rings is 1. The predicted octanol–water partition coefficient (Wildman–Crippen LogP) is 2.50. The number of carbonyl (C=O) groups excluding carboxylic acids is 2. The molecule has 5 nitrogen and oxygen atoms in total. The lowest BCUT2D eigenvalue weighted by Crippen LogP contribution is -2.47. The number of aromatic amines is 1. The van der Waals surface area contributed by atoms with Crippen molar-refractivity contribution in [3.8, 4) is 11.1 Å². The van der Waals surface area contributed by atoms with Crippen LogP contribution in [0.25, 0.3) is 11.1 Å². The number of carbonyl (C=O) groups is 2. The van der Waals surface area contributed by atoms with Gasteiger partial charge in [0.25, 0.3) is 5.91 Å². The van der Waals surface area contributed by atoms with Crippen molar-refractivity contribution in [3.63, 3.8) is 0 Å². The predicted molar refractivity (Wildman–Crippen MR) is 94.5 cm³/mol. The number of aromatic nitrogens is 1. The summed E-state index contributed by atoms with van der Waals surface area (Å²) in [7, 11) is 2.08. The van der Waals surface area contributed by atoms with Gasteiger partial charge in [-0.05, 0) is 44.2 Å². The van der Waals surface area contributed by atoms with Crippen molar-refractivity contribution in [3.05, 3.63) is 46.8 Å². The van der Waals surface area contributed by atoms with Crippen LogP contribution in [0, 0.1) is 13.8 Å². The summed E-state index contributed by atoms with van der Waals surface area (Å²) in [5.41, 5.74) is 5.29. The van der Waals surface area contributed by atoms with E-state index in [1.807, 2.05) is 43.0 Å². The van der Waals surface area contributed by atoms with E-state index < -0.39 is 0 Å². The van der Waals surface area contributed by atoms with E-state index in [2.05, 4.69) is 16.9 Å². The first kappa shape index (κ1) is 16.5. The molecule has 0 saturated carbocycles. The minimum atomic E-state index is 0.0887. The molecule has 1 aliphatic heterocycles. The lowest BCUT2D eigenvalue weighted by atomic mass is 10.00. The van der Waals surface area contributed by atoms with Gasteiger partial charge in [-0.3, -0.25) is 9.59 Å². The summed E-state index contributed by atoms with van der Waals surface area (Å²) in [4.78, 5) is 30.9. The van der Waals surface area contributed by atoms with Gasteiger partial charge in [-0.2, -0.15) is 0 Å². The van der Waals surface area contributed by atoms with Gasteiger partial charge in [0, 0.05) is 43.0 Å². The highest BCUT2D eigenvalue weighted by atomic mass is 16.2. The summed E-state index contributed by atoms with van der Waals surface area (Å²) in [5, 5.41) is 0. The van der Waals surface area contributed by atoms with Crippen LogP contribution in [0.15, 0.2) is 24.3 Å². The van der Waals surface area contributed by atoms with Crippen LogP contribution < -0.4 is 0 Å². The van der Waals surface area contributed by atoms with Crippen molar-refractivity contribution in [1.29, 1.82) is 0 Å². The van der Waals surface area contributed by atoms with Crippen LogP contribution in [0.1, 0.15) is 32.1 Å². The highest BCUT2D eigenvalue weighted by molar-refractivity contribution is 5.95. The van der Waals surface area contributed by atoms with Crippen molar-refractivity contribution >= 4 is 12.2 Å². The Bertz CT molecular complexity index is 754. The van der Waals surface area contributed by atoms with Gasteiger partial charge in [0.15, 0.2) is 6.29 Å². The van der Waals surface area contributed by atoms with Crippen LogP contribution in [-0.4, -0.2) is 60.2 Å². The van der Waals surface area contributed by atoms with E-state index in [0.29, 0.717) is 11.3 Å². The number of hydrogen-bond acceptors (Lipinski definition) is 3. The number of likely N-dealkylation sites (N-methyl/N-ethyl adjacent to an activating group) is 1. The third-order valence-electron chi connectivity index (χ3n) is 4.81. The van der Waals surface area contributed by atoms with Gasteiger partial charge >= 0.3 is 0 Å². The van der Waals surface area contributed by atoms with Crippen LogP contribution in [0.3, 0.4) is 0 Å². The average Bonchev–Trinajstić information content (AvgIpc) is 2.89. The minimum Gasteiger partial charge on any atom is -0.356 e. The highest BCUT2D eigenvalue weighted by Gasteiger charge is 2.20. The number of amides is 1. The molecule has 0 unspecified atom stereocenters. The number of rotatable bonds is 3. The molecule has 5 heteroatoms. The number of nitrogens with one attached hydrogen (secondary N) is 1. The molecule has 3 rings (SSSR count). The van der Waals surface area contributed by atoms with Crippen LogP contribution in [-0.2, 0) is 0 Å². The first-order valence-corrected chi connectivity index (χ1v) is 8.24. The molecule has 0 radical (unpaired) electrons. The zero-order chi connectivity index (χ0) is 17.3. The second kappa shape index (κ2) is 6.61. The third-order valence-corrected chi connectivity index (χ3v) is 4.81. The molecular formula is C19H23N3O2. The maximum absolute atomic E-state index is 12.6. The van der Waals surface area contributed by atoms with Gasteiger partial charge in [-0.1, -0.05) is 12.1 Å². The average molecular weight is 325 g/mol. The van der Waals surface area contributed by atoms with Crippen molar-refractivity contribution in [2.24, 2.45) is 0 Å². The number of piperazine rings is 1. The van der Waals surface area contributed by atoms with E-state index in [9.17, 15) is 9.59 Å². The molecule has 1 fully saturated rings. The van der Waals surface area contributed by atoms with Gasteiger partial charge < -0.3 is 14.8 Å². The Morgan fingerprint density at radius 2 is 1.71 bits per heavy atom. The summed E-state index contributed by atoms with van der Waals surface area (Å²) in [6, 6.07) is 7.67. The van der Waals surface area contributed by atoms with E-state index in [4.69, 9.17) is 0 Å². The number of hydrogen-bond donors (Lipinski definition) is 1. The topological polar surface area (TPSA) is 56.4 Å². The van der Waals surface area contributed by atoms with Gasteiger partial charge in [-0.15, -0.1) is 0 Å². The van der Waals surface area contributed by atoms with Crippen molar-refractivity contribution < 1.29 is 9.59 Å². The van der Waals surface area contributed by atoms with E-state index in [0.717, 1.165) is 54.8 Å². The molecule has 2 aromatic rings. The van der Waals surface area contributed by atoms with Crippen LogP contribution >= 0.6 is 0 Å². The second-order valence-corrected chi connectivity index (χ2v) is 6.45. The normalized spacial score (nSPS) is 15.5. The molecule has 1 aliphatic rings. The van der Waals surface area contributed by atoms with Gasteiger partial charge in [0.1, 0.15) is 0 Å². The zero-order valence-electron chi connectivity index (χ0n) is 14.4. The quantitative estimate of drug-likeness (QED) is 0.882. The summed E-state index contributed by atoms with van der Waals surface area (Å²) in [6.45, 7) is 7.27. The first-order valence-electron chi connectivity index (χ1n) is 8.24. The van der Waals surface area contributed by atoms with Crippen LogP contribution in [0.4, 0.5) is 0 Å². The molecule has 0 aliphatic carbocycles. The standard InChI is InChI=1S/C19H23N3O2/c1-13-17(12-23)20-14(2)18(13)15-4-6-16(7-5-15)19(24)22-10-8-21(3)9-11-22/h4-7,12,20H,8-11H2,1-3H3. The lowest BCUT2D eigenvalue weighted by Gasteiger charge is -2.32. The van der Waals surface area contributed by atoms with Crippen LogP contribution in [0.5, 0.6) is 0 Å². The van der Waals surface area contributed by atoms with E-state index >= 15 is 0 Å². The fraction of sp³-hybridized carbons (Fsp3) is 0.368. The Labute approximate surface area is 142 Å². The smallest absolute Gasteiger partial charge is 0.253 e. The van der Waals surface area contributed by atoms with Crippen molar-refractivity contribution in [2.75, 3.05) is 33.2 Å². The Hall–Kier alpha value is -2.40. The van der Waals surface area contributed by atoms with Gasteiger partial charge in [0.05, 0.1) is 5.69 Å². The van der Waals surface area contributed by atoms with Gasteiger partial charge in [0.2, 0.25) is 0 Å². The lowest BCUT2D eigenvalue weighted by molar-refractivity contribution is 0.0664. The molecular weight excluding hydrogens is 302 g/mol. The Morgan fingerprint density at radius 1 is 1.08 bits per heavy atom. The van der Waals surface area contributed by atoms with Gasteiger partial charge in [-0.25, -0.2) is 0 Å². The molecule has 0 spiro atoms. The zero-order valence-corrected chi connectivity index (χ0v) is 14.4. The number of nitrogens with zero attached hydrogens (tertiary/aromatic N) is 2. The van der Waals surface area contributed by atoms with Crippen LogP contribution in [0.2, 0.25) is 0 Å². The Kier molecular flexibility index (Phi) is 4.53. The summed E-state index contributed by atoms with van der Waals surface area (Å²) in [6.07, 6.45) is 0.844. The fourth-order valence-electron chi connectivity index (χ4n) is 3.30. The number of aryl methyl sites for hydroxylation is 1. The number of aldehydes is 1. The summed E-state index contributed by atoms with van der Waals surface area (Å²) in [5.74, 6) is 0.0887. The van der Waals surface area contributed by atoms with E-state index in [-0.39, 0.29) is 5.91 Å². The largest absolute Gasteiger partial charge is 0.356 e. The van der Waals surface area contributed by atoms with Crippen molar-refractivity contribution in [1.82, 2.24) is 14.8 Å². The minimum absolute atomic E-state index is 0.0887. The molecule has 24 heavy (non-hydrogen) atoms.